The molecule has 1 amide bonds. The first-order valence-electron chi connectivity index (χ1n) is 9.68. The van der Waals surface area contributed by atoms with E-state index in [0.29, 0.717) is 15.8 Å². The molecule has 0 bridgehead atoms. The van der Waals surface area contributed by atoms with Crippen LogP contribution in [0.5, 0.6) is 0 Å². The highest BCUT2D eigenvalue weighted by atomic mass is 32.2. The molecule has 0 unspecified atom stereocenters. The van der Waals surface area contributed by atoms with E-state index in [1.807, 2.05) is 6.08 Å². The molecule has 0 N–H and O–H groups in total. The quantitative estimate of drug-likeness (QED) is 0.347. The highest BCUT2D eigenvalue weighted by Gasteiger charge is 2.33. The molecule has 1 aromatic carbocycles. The van der Waals surface area contributed by atoms with Crippen LogP contribution < -0.4 is 4.90 Å². The fourth-order valence-electron chi connectivity index (χ4n) is 3.96. The van der Waals surface area contributed by atoms with Gasteiger partial charge in [-0.1, -0.05) is 43.1 Å². The lowest BCUT2D eigenvalue weighted by Gasteiger charge is -2.43. The molecule has 1 saturated heterocycles. The van der Waals surface area contributed by atoms with Gasteiger partial charge in [0.05, 0.1) is 10.4 Å². The Morgan fingerprint density at radius 1 is 1.29 bits per heavy atom. The van der Waals surface area contributed by atoms with Gasteiger partial charge in [0.2, 0.25) is 0 Å². The maximum atomic E-state index is 12.7. The number of benzene rings is 1. The van der Waals surface area contributed by atoms with Crippen molar-refractivity contribution < 1.29 is 4.79 Å². The zero-order chi connectivity index (χ0) is 20.6. The third kappa shape index (κ3) is 3.70. The third-order valence-corrected chi connectivity index (χ3v) is 6.66. The smallest absolute Gasteiger partial charge is 0.266 e. The molecule has 0 saturated carbocycles. The van der Waals surface area contributed by atoms with E-state index in [1.54, 1.807) is 11.0 Å². The molecular weight excluding hydrogens is 384 g/mol. The number of carbonyl (C=O) groups excluding carboxylic acids is 1. The predicted molar refractivity (Wildman–Crippen MR) is 127 cm³/mol. The minimum atomic E-state index is -0.0342. The summed E-state index contributed by atoms with van der Waals surface area (Å²) in [4.78, 5) is 17.4. The largest absolute Gasteiger partial charge is 0.362 e. The van der Waals surface area contributed by atoms with Gasteiger partial charge < -0.3 is 4.90 Å². The molecule has 0 aliphatic carbocycles. The van der Waals surface area contributed by atoms with Crippen LogP contribution in [-0.4, -0.2) is 33.8 Å². The van der Waals surface area contributed by atoms with Gasteiger partial charge in [0.25, 0.3) is 5.91 Å². The van der Waals surface area contributed by atoms with E-state index in [0.717, 1.165) is 18.5 Å². The van der Waals surface area contributed by atoms with Crippen LogP contribution in [0.1, 0.15) is 50.8 Å². The van der Waals surface area contributed by atoms with Gasteiger partial charge >= 0.3 is 0 Å². The Balaban J connectivity index is 2.05. The normalized spacial score (nSPS) is 19.9. The highest BCUT2D eigenvalue weighted by molar-refractivity contribution is 8.26. The van der Waals surface area contributed by atoms with Crippen molar-refractivity contribution in [3.05, 3.63) is 52.5 Å². The van der Waals surface area contributed by atoms with Crippen LogP contribution in [0, 0.1) is 6.92 Å². The zero-order valence-electron chi connectivity index (χ0n) is 17.3. The molecule has 28 heavy (non-hydrogen) atoms. The molecule has 3 rings (SSSR count). The summed E-state index contributed by atoms with van der Waals surface area (Å²) in [5, 5.41) is 0. The summed E-state index contributed by atoms with van der Waals surface area (Å²) in [6.45, 7) is 16.2. The maximum absolute atomic E-state index is 12.7. The number of aryl methyl sites for hydroxylation is 1. The van der Waals surface area contributed by atoms with Gasteiger partial charge in [-0.15, -0.1) is 6.58 Å². The molecule has 3 nitrogen and oxygen atoms in total. The molecule has 1 aromatic rings. The van der Waals surface area contributed by atoms with E-state index in [9.17, 15) is 4.79 Å². The Kier molecular flexibility index (Phi) is 5.87. The first-order chi connectivity index (χ1) is 13.2. The van der Waals surface area contributed by atoms with Gasteiger partial charge in [-0.05, 0) is 69.0 Å². The molecule has 2 aliphatic rings. The number of thioether (sulfide) groups is 1. The Morgan fingerprint density at radius 3 is 2.64 bits per heavy atom. The van der Waals surface area contributed by atoms with Crippen LogP contribution in [0.4, 0.5) is 5.69 Å². The summed E-state index contributed by atoms with van der Waals surface area (Å²) in [6, 6.07) is 4.48. The number of carbonyl (C=O) groups is 1. The Bertz CT molecular complexity index is 911. The summed E-state index contributed by atoms with van der Waals surface area (Å²) in [5.74, 6) is -0.0342. The van der Waals surface area contributed by atoms with Gasteiger partial charge in [0, 0.05) is 24.3 Å². The van der Waals surface area contributed by atoms with Gasteiger partial charge in [-0.2, -0.15) is 0 Å². The fourth-order valence-corrected chi connectivity index (χ4v) is 5.23. The minimum Gasteiger partial charge on any atom is -0.362 e. The first-order valence-corrected chi connectivity index (χ1v) is 10.9. The number of fused-ring (bicyclic) bond motifs is 1. The summed E-state index contributed by atoms with van der Waals surface area (Å²) in [6.07, 6.45) is 7.13. The lowest BCUT2D eigenvalue weighted by atomic mass is 9.86. The lowest BCUT2D eigenvalue weighted by Crippen LogP contribution is -2.45. The molecule has 0 spiro atoms. The Morgan fingerprint density at radius 2 is 2.00 bits per heavy atom. The SMILES string of the molecule is C=CCN1C(=O)/C(=C\c2cc3c(cc2C)N(CCC)C(C)(C)C=C3C)SC1=S. The molecule has 2 aliphatic heterocycles. The van der Waals surface area contributed by atoms with E-state index in [-0.39, 0.29) is 11.4 Å². The lowest BCUT2D eigenvalue weighted by molar-refractivity contribution is -0.121. The Labute approximate surface area is 178 Å². The molecule has 2 heterocycles. The van der Waals surface area contributed by atoms with Crippen LogP contribution in [0.25, 0.3) is 11.6 Å². The summed E-state index contributed by atoms with van der Waals surface area (Å²) >= 11 is 6.73. The second-order valence-electron chi connectivity index (χ2n) is 7.94. The van der Waals surface area contributed by atoms with Crippen LogP contribution in [-0.2, 0) is 4.79 Å². The Hall–Kier alpha value is -1.85. The van der Waals surface area contributed by atoms with Crippen LogP contribution in [0.3, 0.4) is 0 Å². The maximum Gasteiger partial charge on any atom is 0.266 e. The van der Waals surface area contributed by atoms with E-state index < -0.39 is 0 Å². The van der Waals surface area contributed by atoms with Crippen molar-refractivity contribution in [2.75, 3.05) is 18.0 Å². The van der Waals surface area contributed by atoms with Crippen LogP contribution in [0.2, 0.25) is 0 Å². The van der Waals surface area contributed by atoms with Crippen molar-refractivity contribution in [3.63, 3.8) is 0 Å². The second kappa shape index (κ2) is 7.88. The number of anilines is 1. The first kappa shape index (κ1) is 20.9. The predicted octanol–water partition coefficient (Wildman–Crippen LogP) is 5.79. The summed E-state index contributed by atoms with van der Waals surface area (Å²) in [7, 11) is 0. The molecule has 148 valence electrons. The zero-order valence-corrected chi connectivity index (χ0v) is 19.0. The van der Waals surface area contributed by atoms with Gasteiger partial charge in [-0.25, -0.2) is 0 Å². The van der Waals surface area contributed by atoms with Crippen molar-refractivity contribution in [2.24, 2.45) is 0 Å². The van der Waals surface area contributed by atoms with Crippen LogP contribution in [0.15, 0.2) is 35.8 Å². The summed E-state index contributed by atoms with van der Waals surface area (Å²) in [5.41, 5.74) is 6.03. The van der Waals surface area contributed by atoms with E-state index in [4.69, 9.17) is 12.2 Å². The van der Waals surface area contributed by atoms with Gasteiger partial charge in [-0.3, -0.25) is 9.69 Å². The van der Waals surface area contributed by atoms with E-state index >= 15 is 0 Å². The second-order valence-corrected chi connectivity index (χ2v) is 9.62. The van der Waals surface area contributed by atoms with E-state index in [1.165, 1.54) is 34.1 Å². The fraction of sp³-hybridized carbons (Fsp3) is 0.391. The van der Waals surface area contributed by atoms with E-state index in [2.05, 4.69) is 64.3 Å². The number of nitrogens with zero attached hydrogens (tertiary/aromatic N) is 2. The topological polar surface area (TPSA) is 23.6 Å². The van der Waals surface area contributed by atoms with Crippen molar-refractivity contribution in [1.82, 2.24) is 4.90 Å². The number of hydrogen-bond donors (Lipinski definition) is 0. The average molecular weight is 413 g/mol. The number of thiocarbonyl (C=S) groups is 1. The summed E-state index contributed by atoms with van der Waals surface area (Å²) < 4.78 is 0.596. The van der Waals surface area contributed by atoms with Gasteiger partial charge in [0.1, 0.15) is 4.32 Å². The number of rotatable bonds is 5. The van der Waals surface area contributed by atoms with Crippen molar-refractivity contribution in [3.8, 4) is 0 Å². The van der Waals surface area contributed by atoms with Crippen molar-refractivity contribution in [1.29, 1.82) is 0 Å². The number of amides is 1. The molecule has 0 radical (unpaired) electrons. The minimum absolute atomic E-state index is 0.00579. The highest BCUT2D eigenvalue weighted by Crippen LogP contribution is 2.41. The van der Waals surface area contributed by atoms with Crippen molar-refractivity contribution >= 4 is 51.5 Å². The average Bonchev–Trinajstić information content (AvgIpc) is 2.87. The number of hydrogen-bond acceptors (Lipinski definition) is 4. The number of allylic oxidation sites excluding steroid dienone is 1. The van der Waals surface area contributed by atoms with Crippen LogP contribution >= 0.6 is 24.0 Å². The molecule has 5 heteroatoms. The standard InChI is InChI=1S/C23H28N2OS2/c1-7-9-24-21(26)20(28-22(24)27)13-17-12-18-16(4)14-23(5,6)25(10-8-2)19(18)11-15(17)3/h7,11-14H,1,8-10H2,2-6H3/b20-13+. The third-order valence-electron chi connectivity index (χ3n) is 5.28. The molecule has 0 atom stereocenters. The van der Waals surface area contributed by atoms with Gasteiger partial charge in [0.15, 0.2) is 0 Å². The molecule has 0 aromatic heterocycles. The molecule has 1 fully saturated rings. The molecular formula is C23H28N2OS2. The monoisotopic (exact) mass is 412 g/mol. The van der Waals surface area contributed by atoms with Crippen molar-refractivity contribution in [2.45, 2.75) is 46.6 Å².